The summed E-state index contributed by atoms with van der Waals surface area (Å²) in [5.74, 6) is 0.150. The van der Waals surface area contributed by atoms with Crippen molar-refractivity contribution >= 4 is 21.6 Å². The van der Waals surface area contributed by atoms with Crippen LogP contribution in [0.25, 0.3) is 0 Å². The summed E-state index contributed by atoms with van der Waals surface area (Å²) in [4.78, 5) is 12.4. The highest BCUT2D eigenvalue weighted by Gasteiger charge is 2.18. The van der Waals surface area contributed by atoms with Gasteiger partial charge in [0.05, 0.1) is 6.26 Å². The third-order valence-corrected chi connectivity index (χ3v) is 5.56. The minimum Gasteiger partial charge on any atom is -0.326 e. The minimum absolute atomic E-state index is 0.152. The molecule has 0 unspecified atom stereocenters. The lowest BCUT2D eigenvalue weighted by Crippen LogP contribution is -2.34. The van der Waals surface area contributed by atoms with E-state index in [2.05, 4.69) is 26.1 Å². The highest BCUT2D eigenvalue weighted by atomic mass is 32.2. The van der Waals surface area contributed by atoms with Crippen LogP contribution in [0.5, 0.6) is 0 Å². The number of aryl methyl sites for hydroxylation is 1. The van der Waals surface area contributed by atoms with Crippen molar-refractivity contribution in [1.82, 2.24) is 4.31 Å². The second-order valence-corrected chi connectivity index (χ2v) is 8.84. The Bertz CT molecular complexity index is 669. The molecule has 0 bridgehead atoms. The maximum atomic E-state index is 12.4. The Morgan fingerprint density at radius 1 is 1.20 bits per heavy atom. The van der Waals surface area contributed by atoms with Gasteiger partial charge in [-0.15, -0.1) is 0 Å². The van der Waals surface area contributed by atoms with Crippen molar-refractivity contribution in [3.8, 4) is 0 Å². The number of para-hydroxylation sites is 1. The van der Waals surface area contributed by atoms with Gasteiger partial charge in [-0.2, -0.15) is 0 Å². The van der Waals surface area contributed by atoms with Gasteiger partial charge in [0.25, 0.3) is 0 Å². The van der Waals surface area contributed by atoms with E-state index in [1.165, 1.54) is 10.6 Å². The molecule has 1 aromatic carbocycles. The summed E-state index contributed by atoms with van der Waals surface area (Å²) < 4.78 is 25.2. The summed E-state index contributed by atoms with van der Waals surface area (Å²) in [5.41, 5.74) is 2.96. The topological polar surface area (TPSA) is 66.5 Å². The Balaban J connectivity index is 2.73. The SMILES string of the molecule is CCCCCN(CCC(=O)Nc1c(C)cccc1C(C)C)S(C)(=O)=O. The van der Waals surface area contributed by atoms with Crippen LogP contribution < -0.4 is 5.32 Å². The van der Waals surface area contributed by atoms with Crippen molar-refractivity contribution in [2.24, 2.45) is 0 Å². The third kappa shape index (κ3) is 7.16. The van der Waals surface area contributed by atoms with Gasteiger partial charge >= 0.3 is 0 Å². The molecule has 6 heteroatoms. The number of amides is 1. The zero-order valence-corrected chi connectivity index (χ0v) is 16.9. The van der Waals surface area contributed by atoms with E-state index in [4.69, 9.17) is 0 Å². The van der Waals surface area contributed by atoms with Gasteiger partial charge in [-0.05, 0) is 30.4 Å². The molecule has 1 rings (SSSR count). The number of benzene rings is 1. The molecule has 1 N–H and O–H groups in total. The first-order valence-electron chi connectivity index (χ1n) is 9.01. The van der Waals surface area contributed by atoms with Crippen LogP contribution in [-0.2, 0) is 14.8 Å². The summed E-state index contributed by atoms with van der Waals surface area (Å²) in [6, 6.07) is 5.97. The molecular weight excluding hydrogens is 336 g/mol. The van der Waals surface area contributed by atoms with E-state index in [9.17, 15) is 13.2 Å². The monoisotopic (exact) mass is 368 g/mol. The fourth-order valence-corrected chi connectivity index (χ4v) is 3.64. The van der Waals surface area contributed by atoms with Gasteiger partial charge in [0.1, 0.15) is 0 Å². The van der Waals surface area contributed by atoms with Gasteiger partial charge in [-0.25, -0.2) is 12.7 Å². The van der Waals surface area contributed by atoms with Crippen molar-refractivity contribution < 1.29 is 13.2 Å². The Morgan fingerprint density at radius 3 is 2.44 bits per heavy atom. The zero-order chi connectivity index (χ0) is 19.0. The fourth-order valence-electron chi connectivity index (χ4n) is 2.75. The van der Waals surface area contributed by atoms with E-state index in [-0.39, 0.29) is 18.9 Å². The molecule has 0 fully saturated rings. The Hall–Kier alpha value is -1.40. The quantitative estimate of drug-likeness (QED) is 0.637. The van der Waals surface area contributed by atoms with Crippen LogP contribution in [0, 0.1) is 6.92 Å². The number of hydrogen-bond donors (Lipinski definition) is 1. The average Bonchev–Trinajstić information content (AvgIpc) is 2.51. The van der Waals surface area contributed by atoms with E-state index >= 15 is 0 Å². The number of rotatable bonds is 10. The maximum absolute atomic E-state index is 12.4. The molecule has 0 saturated heterocycles. The summed E-state index contributed by atoms with van der Waals surface area (Å²) >= 11 is 0. The molecular formula is C19H32N2O3S. The highest BCUT2D eigenvalue weighted by Crippen LogP contribution is 2.27. The van der Waals surface area contributed by atoms with Crippen LogP contribution >= 0.6 is 0 Å². The molecule has 1 amide bonds. The number of anilines is 1. The molecule has 0 saturated carbocycles. The van der Waals surface area contributed by atoms with Crippen molar-refractivity contribution in [2.45, 2.75) is 59.3 Å². The van der Waals surface area contributed by atoms with Gasteiger partial charge < -0.3 is 5.32 Å². The van der Waals surface area contributed by atoms with Crippen molar-refractivity contribution in [3.63, 3.8) is 0 Å². The van der Waals surface area contributed by atoms with Crippen molar-refractivity contribution in [1.29, 1.82) is 0 Å². The van der Waals surface area contributed by atoms with Crippen LogP contribution in [0.1, 0.15) is 63.5 Å². The van der Waals surface area contributed by atoms with Crippen LogP contribution in [0.15, 0.2) is 18.2 Å². The summed E-state index contributed by atoms with van der Waals surface area (Å²) in [7, 11) is -3.29. The normalized spacial score (nSPS) is 12.0. The molecule has 5 nitrogen and oxygen atoms in total. The molecule has 0 aromatic heterocycles. The van der Waals surface area contributed by atoms with Crippen LogP contribution in [-0.4, -0.2) is 38.0 Å². The largest absolute Gasteiger partial charge is 0.326 e. The first-order valence-corrected chi connectivity index (χ1v) is 10.9. The van der Waals surface area contributed by atoms with E-state index in [0.29, 0.717) is 12.5 Å². The zero-order valence-electron chi connectivity index (χ0n) is 16.1. The van der Waals surface area contributed by atoms with E-state index < -0.39 is 10.0 Å². The van der Waals surface area contributed by atoms with Crippen LogP contribution in [0.2, 0.25) is 0 Å². The van der Waals surface area contributed by atoms with Crippen LogP contribution in [0.4, 0.5) is 5.69 Å². The van der Waals surface area contributed by atoms with E-state index in [0.717, 1.165) is 36.1 Å². The summed E-state index contributed by atoms with van der Waals surface area (Å²) in [6.45, 7) is 8.91. The van der Waals surface area contributed by atoms with Gasteiger partial charge in [-0.1, -0.05) is 51.8 Å². The Labute approximate surface area is 152 Å². The first kappa shape index (κ1) is 21.6. The van der Waals surface area contributed by atoms with Gasteiger partial charge in [0.2, 0.25) is 15.9 Å². The average molecular weight is 369 g/mol. The number of unbranched alkanes of at least 4 members (excludes halogenated alkanes) is 2. The van der Waals surface area contributed by atoms with Crippen molar-refractivity contribution in [3.05, 3.63) is 29.3 Å². The smallest absolute Gasteiger partial charge is 0.225 e. The lowest BCUT2D eigenvalue weighted by Gasteiger charge is -2.20. The Kier molecular flexibility index (Phi) is 8.59. The maximum Gasteiger partial charge on any atom is 0.225 e. The van der Waals surface area contributed by atoms with Gasteiger partial charge in [0.15, 0.2) is 0 Å². The van der Waals surface area contributed by atoms with E-state index in [1.54, 1.807) is 0 Å². The lowest BCUT2D eigenvalue weighted by atomic mass is 9.98. The predicted molar refractivity (Wildman–Crippen MR) is 104 cm³/mol. The number of carbonyl (C=O) groups excluding carboxylic acids is 1. The summed E-state index contributed by atoms with van der Waals surface area (Å²) in [5, 5.41) is 2.97. The van der Waals surface area contributed by atoms with Crippen molar-refractivity contribution in [2.75, 3.05) is 24.7 Å². The second-order valence-electron chi connectivity index (χ2n) is 6.86. The molecule has 0 atom stereocenters. The molecule has 25 heavy (non-hydrogen) atoms. The number of sulfonamides is 1. The second kappa shape index (κ2) is 9.92. The lowest BCUT2D eigenvalue weighted by molar-refractivity contribution is -0.116. The number of nitrogens with zero attached hydrogens (tertiary/aromatic N) is 1. The summed E-state index contributed by atoms with van der Waals surface area (Å²) in [6.07, 6.45) is 4.20. The fraction of sp³-hybridized carbons (Fsp3) is 0.632. The molecule has 142 valence electrons. The molecule has 0 heterocycles. The van der Waals surface area contributed by atoms with E-state index in [1.807, 2.05) is 25.1 Å². The first-order chi connectivity index (χ1) is 11.7. The number of hydrogen-bond acceptors (Lipinski definition) is 3. The molecule has 0 aliphatic rings. The molecule has 0 radical (unpaired) electrons. The molecule has 0 aliphatic heterocycles. The molecule has 1 aromatic rings. The third-order valence-electron chi connectivity index (χ3n) is 4.26. The highest BCUT2D eigenvalue weighted by molar-refractivity contribution is 7.88. The molecule has 0 spiro atoms. The van der Waals surface area contributed by atoms with Crippen LogP contribution in [0.3, 0.4) is 0 Å². The molecule has 0 aliphatic carbocycles. The number of nitrogens with one attached hydrogen (secondary N) is 1. The predicted octanol–water partition coefficient (Wildman–Crippen LogP) is 3.90. The Morgan fingerprint density at radius 2 is 1.88 bits per heavy atom. The van der Waals surface area contributed by atoms with Gasteiger partial charge in [-0.3, -0.25) is 4.79 Å². The van der Waals surface area contributed by atoms with Gasteiger partial charge in [0, 0.05) is 25.2 Å². The minimum atomic E-state index is -3.29. The number of carbonyl (C=O) groups is 1. The standard InChI is InChI=1S/C19H32N2O3S/c1-6-7-8-13-21(25(5,23)24)14-12-18(22)20-19-16(4)10-9-11-17(19)15(2)3/h9-11,15H,6-8,12-14H2,1-5H3,(H,20,22).